The number of amides is 3. The molecule has 1 saturated heterocycles. The summed E-state index contributed by atoms with van der Waals surface area (Å²) < 4.78 is 5.47. The minimum Gasteiger partial charge on any atom is -0.497 e. The molecule has 3 aromatic rings. The Labute approximate surface area is 208 Å². The van der Waals surface area contributed by atoms with Crippen molar-refractivity contribution < 1.29 is 14.3 Å². The van der Waals surface area contributed by atoms with Crippen molar-refractivity contribution in [2.75, 3.05) is 29.6 Å². The fourth-order valence-electron chi connectivity index (χ4n) is 4.71. The summed E-state index contributed by atoms with van der Waals surface area (Å²) in [6.45, 7) is 2.69. The number of benzene rings is 3. The topological polar surface area (TPSA) is 85.7 Å². The van der Waals surface area contributed by atoms with E-state index in [2.05, 4.69) is 11.4 Å². The maximum absolute atomic E-state index is 14.1. The highest BCUT2D eigenvalue weighted by Crippen LogP contribution is 2.55. The third-order valence-corrected chi connectivity index (χ3v) is 7.73. The van der Waals surface area contributed by atoms with Crippen molar-refractivity contribution in [3.8, 4) is 11.8 Å². The summed E-state index contributed by atoms with van der Waals surface area (Å²) in [7, 11) is 1.58. The van der Waals surface area contributed by atoms with Gasteiger partial charge in [0.25, 0.3) is 5.91 Å². The van der Waals surface area contributed by atoms with E-state index in [1.54, 1.807) is 29.0 Å². The van der Waals surface area contributed by atoms with Crippen LogP contribution in [-0.2, 0) is 16.2 Å². The molecule has 35 heavy (non-hydrogen) atoms. The van der Waals surface area contributed by atoms with Crippen LogP contribution in [0.15, 0.2) is 66.7 Å². The molecule has 8 heteroatoms. The van der Waals surface area contributed by atoms with Crippen LogP contribution in [0.4, 0.5) is 16.2 Å². The number of carbonyl (C=O) groups excluding carboxylic acids is 2. The smallest absolute Gasteiger partial charge is 0.323 e. The number of anilines is 2. The van der Waals surface area contributed by atoms with E-state index in [0.29, 0.717) is 35.8 Å². The molecule has 3 amide bonds. The van der Waals surface area contributed by atoms with Crippen LogP contribution in [0, 0.1) is 18.3 Å². The van der Waals surface area contributed by atoms with Crippen LogP contribution in [-0.4, -0.2) is 36.2 Å². The van der Waals surface area contributed by atoms with E-state index in [9.17, 15) is 14.9 Å². The van der Waals surface area contributed by atoms with Crippen molar-refractivity contribution in [3.05, 3.63) is 89.0 Å². The zero-order chi connectivity index (χ0) is 24.6. The number of rotatable bonds is 4. The number of thioether (sulfide) groups is 1. The summed E-state index contributed by atoms with van der Waals surface area (Å²) in [5.41, 5.74) is 4.57. The lowest BCUT2D eigenvalue weighted by Gasteiger charge is -2.33. The lowest BCUT2D eigenvalue weighted by atomic mass is 10.1. The average Bonchev–Trinajstić information content (AvgIpc) is 3.41. The fourth-order valence-corrected chi connectivity index (χ4v) is 6.17. The van der Waals surface area contributed by atoms with Crippen molar-refractivity contribution >= 4 is 35.1 Å². The first-order valence-electron chi connectivity index (χ1n) is 11.2. The highest BCUT2D eigenvalue weighted by Gasteiger charge is 2.59. The van der Waals surface area contributed by atoms with E-state index in [4.69, 9.17) is 4.74 Å². The average molecular weight is 485 g/mol. The summed E-state index contributed by atoms with van der Waals surface area (Å²) in [5, 5.41) is 12.3. The van der Waals surface area contributed by atoms with E-state index in [0.717, 1.165) is 22.4 Å². The van der Waals surface area contributed by atoms with E-state index in [-0.39, 0.29) is 11.9 Å². The molecule has 176 valence electrons. The first kappa shape index (κ1) is 22.8. The van der Waals surface area contributed by atoms with Gasteiger partial charge >= 0.3 is 6.03 Å². The lowest BCUT2D eigenvalue weighted by molar-refractivity contribution is -0.123. The Hall–Kier alpha value is -3.96. The molecule has 0 unspecified atom stereocenters. The summed E-state index contributed by atoms with van der Waals surface area (Å²) in [6.07, 6.45) is 0. The van der Waals surface area contributed by atoms with Gasteiger partial charge in [-0.1, -0.05) is 24.3 Å². The van der Waals surface area contributed by atoms with Crippen LogP contribution in [0.25, 0.3) is 0 Å². The first-order valence-corrected chi connectivity index (χ1v) is 12.2. The standard InChI is InChI=1S/C27H24N4O3S/c1-18-5-3-8-21(13-18)29-26(33)31-11-12-35-27(31)23-15-22(34-2)9-10-24(23)30(25(27)32)17-20-7-4-6-19(14-20)16-28/h3-10,13-15H,11-12,17H2,1-2H3,(H,29,33)/t27-/m1/s1. The second-order valence-electron chi connectivity index (χ2n) is 8.53. The Morgan fingerprint density at radius 3 is 2.77 bits per heavy atom. The first-order chi connectivity index (χ1) is 17.0. The molecule has 2 aliphatic heterocycles. The quantitative estimate of drug-likeness (QED) is 0.572. The van der Waals surface area contributed by atoms with Crippen LogP contribution < -0.4 is 15.0 Å². The van der Waals surface area contributed by atoms with Gasteiger partial charge in [0, 0.05) is 23.5 Å². The van der Waals surface area contributed by atoms with E-state index in [1.165, 1.54) is 11.8 Å². The van der Waals surface area contributed by atoms with Crippen molar-refractivity contribution in [1.29, 1.82) is 5.26 Å². The molecule has 1 spiro atoms. The highest BCUT2D eigenvalue weighted by molar-refractivity contribution is 8.01. The number of nitriles is 1. The number of ether oxygens (including phenoxy) is 1. The van der Waals surface area contributed by atoms with E-state index in [1.807, 2.05) is 61.5 Å². The molecule has 5 rings (SSSR count). The molecule has 2 aliphatic rings. The summed E-state index contributed by atoms with van der Waals surface area (Å²) >= 11 is 1.46. The number of nitrogens with one attached hydrogen (secondary N) is 1. The summed E-state index contributed by atoms with van der Waals surface area (Å²) in [6, 6.07) is 22.2. The predicted octanol–water partition coefficient (Wildman–Crippen LogP) is 4.86. The number of carbonyl (C=O) groups is 2. The van der Waals surface area contributed by atoms with Gasteiger partial charge in [-0.25, -0.2) is 4.79 Å². The predicted molar refractivity (Wildman–Crippen MR) is 136 cm³/mol. The molecular formula is C27H24N4O3S. The third-order valence-electron chi connectivity index (χ3n) is 6.31. The number of fused-ring (bicyclic) bond motifs is 2. The van der Waals surface area contributed by atoms with Crippen LogP contribution in [0.3, 0.4) is 0 Å². The normalized spacial score (nSPS) is 18.5. The van der Waals surface area contributed by atoms with Crippen molar-refractivity contribution in [1.82, 2.24) is 4.90 Å². The monoisotopic (exact) mass is 484 g/mol. The third kappa shape index (κ3) is 3.88. The van der Waals surface area contributed by atoms with Gasteiger partial charge in [0.05, 0.1) is 31.0 Å². The zero-order valence-corrected chi connectivity index (χ0v) is 20.3. The van der Waals surface area contributed by atoms with Gasteiger partial charge in [-0.3, -0.25) is 9.69 Å². The highest BCUT2D eigenvalue weighted by atomic mass is 32.2. The minimum atomic E-state index is -1.19. The number of hydrogen-bond donors (Lipinski definition) is 1. The van der Waals surface area contributed by atoms with E-state index >= 15 is 0 Å². The largest absolute Gasteiger partial charge is 0.497 e. The fraction of sp³-hybridized carbons (Fsp3) is 0.222. The SMILES string of the molecule is COc1ccc2c(c1)[C@@]1(SCCN1C(=O)Nc1cccc(C)c1)C(=O)N2Cc1cccc(C#N)c1. The number of nitrogens with zero attached hydrogens (tertiary/aromatic N) is 3. The Morgan fingerprint density at radius 1 is 1.17 bits per heavy atom. The van der Waals surface area contributed by atoms with Gasteiger partial charge in [0.1, 0.15) is 5.75 Å². The number of hydrogen-bond acceptors (Lipinski definition) is 5. The number of urea groups is 1. The molecule has 0 aliphatic carbocycles. The van der Waals surface area contributed by atoms with Gasteiger partial charge in [0.15, 0.2) is 4.87 Å². The molecular weight excluding hydrogens is 460 g/mol. The van der Waals surface area contributed by atoms with Gasteiger partial charge < -0.3 is 15.0 Å². The van der Waals surface area contributed by atoms with Gasteiger partial charge in [-0.2, -0.15) is 5.26 Å². The van der Waals surface area contributed by atoms with Gasteiger partial charge in [-0.15, -0.1) is 11.8 Å². The molecule has 0 radical (unpaired) electrons. The van der Waals surface area contributed by atoms with Crippen molar-refractivity contribution in [3.63, 3.8) is 0 Å². The molecule has 7 nitrogen and oxygen atoms in total. The Bertz CT molecular complexity index is 1370. The molecule has 1 atom stereocenters. The summed E-state index contributed by atoms with van der Waals surface area (Å²) in [4.78, 5) is 29.8. The second kappa shape index (κ2) is 9.01. The lowest BCUT2D eigenvalue weighted by Crippen LogP contribution is -2.51. The Balaban J connectivity index is 1.55. The number of methoxy groups -OCH3 is 1. The maximum Gasteiger partial charge on any atom is 0.323 e. The van der Waals surface area contributed by atoms with Crippen LogP contribution in [0.5, 0.6) is 5.75 Å². The molecule has 2 heterocycles. The maximum atomic E-state index is 14.1. The minimum absolute atomic E-state index is 0.176. The molecule has 0 saturated carbocycles. The van der Waals surface area contributed by atoms with Crippen molar-refractivity contribution in [2.45, 2.75) is 18.3 Å². The molecule has 1 N–H and O–H groups in total. The molecule has 1 fully saturated rings. The van der Waals surface area contributed by atoms with Crippen LogP contribution in [0.1, 0.15) is 22.3 Å². The van der Waals surface area contributed by atoms with Gasteiger partial charge in [-0.05, 0) is 60.5 Å². The molecule has 0 aromatic heterocycles. The van der Waals surface area contributed by atoms with Crippen molar-refractivity contribution in [2.24, 2.45) is 0 Å². The van der Waals surface area contributed by atoms with E-state index < -0.39 is 4.87 Å². The molecule has 0 bridgehead atoms. The zero-order valence-electron chi connectivity index (χ0n) is 19.4. The number of aryl methyl sites for hydroxylation is 1. The summed E-state index contributed by atoms with van der Waals surface area (Å²) in [5.74, 6) is 1.07. The second-order valence-corrected chi connectivity index (χ2v) is 9.82. The van der Waals surface area contributed by atoms with Crippen LogP contribution >= 0.6 is 11.8 Å². The van der Waals surface area contributed by atoms with Gasteiger partial charge in [0.2, 0.25) is 0 Å². The van der Waals surface area contributed by atoms with Crippen LogP contribution in [0.2, 0.25) is 0 Å². The Kier molecular flexibility index (Phi) is 5.87. The molecule has 3 aromatic carbocycles. The Morgan fingerprint density at radius 2 is 2.00 bits per heavy atom.